The molecular weight excluding hydrogens is 396 g/mol. The third-order valence-electron chi connectivity index (χ3n) is 4.21. The van der Waals surface area contributed by atoms with Gasteiger partial charge < -0.3 is 9.73 Å². The largest absolute Gasteiger partial charge is 0.468 e. The van der Waals surface area contributed by atoms with E-state index in [1.165, 1.54) is 23.6 Å². The first-order valence-corrected chi connectivity index (χ1v) is 11.1. The van der Waals surface area contributed by atoms with Gasteiger partial charge in [-0.3, -0.25) is 4.79 Å². The van der Waals surface area contributed by atoms with Gasteiger partial charge in [0, 0.05) is 24.0 Å². The van der Waals surface area contributed by atoms with E-state index in [1.54, 1.807) is 42.5 Å². The number of rotatable bonds is 8. The third kappa shape index (κ3) is 4.89. The normalized spacial score (nSPS) is 11.7. The second-order valence-corrected chi connectivity index (χ2v) is 9.35. The fraction of sp³-hybridized carbons (Fsp3) is 0.250. The number of aryl methyl sites for hydroxylation is 1. The summed E-state index contributed by atoms with van der Waals surface area (Å²) in [5, 5.41) is 4.65. The minimum Gasteiger partial charge on any atom is -0.468 e. The number of carbonyl (C=O) groups excluding carboxylic acids is 1. The van der Waals surface area contributed by atoms with Gasteiger partial charge in [-0.05, 0) is 60.7 Å². The lowest BCUT2D eigenvalue weighted by Crippen LogP contribution is -2.32. The molecule has 2 heterocycles. The van der Waals surface area contributed by atoms with E-state index in [9.17, 15) is 13.2 Å². The summed E-state index contributed by atoms with van der Waals surface area (Å²) in [6.45, 7) is 3.64. The van der Waals surface area contributed by atoms with Crippen LogP contribution in [0.5, 0.6) is 0 Å². The Morgan fingerprint density at radius 3 is 2.64 bits per heavy atom. The van der Waals surface area contributed by atoms with E-state index in [0.29, 0.717) is 30.0 Å². The van der Waals surface area contributed by atoms with Crippen molar-refractivity contribution < 1.29 is 17.6 Å². The van der Waals surface area contributed by atoms with Gasteiger partial charge in [-0.15, -0.1) is 11.3 Å². The zero-order valence-corrected chi connectivity index (χ0v) is 17.3. The molecule has 0 aliphatic carbocycles. The van der Waals surface area contributed by atoms with Crippen LogP contribution >= 0.6 is 11.3 Å². The maximum Gasteiger partial charge on any atom is 0.243 e. The number of hydrogen-bond acceptors (Lipinski definition) is 5. The molecule has 0 unspecified atom stereocenters. The highest BCUT2D eigenvalue weighted by Crippen LogP contribution is 2.25. The summed E-state index contributed by atoms with van der Waals surface area (Å²) in [7, 11) is -3.74. The van der Waals surface area contributed by atoms with Crippen LogP contribution in [0.4, 0.5) is 5.69 Å². The van der Waals surface area contributed by atoms with E-state index in [0.717, 1.165) is 4.88 Å². The molecule has 0 aliphatic heterocycles. The average molecular weight is 419 g/mol. The van der Waals surface area contributed by atoms with Crippen molar-refractivity contribution in [1.29, 1.82) is 0 Å². The van der Waals surface area contributed by atoms with E-state index < -0.39 is 10.0 Å². The van der Waals surface area contributed by atoms with E-state index in [4.69, 9.17) is 4.42 Å². The van der Waals surface area contributed by atoms with Crippen LogP contribution in [0.3, 0.4) is 0 Å². The first-order chi connectivity index (χ1) is 13.4. The Labute approximate surface area is 168 Å². The van der Waals surface area contributed by atoms with Gasteiger partial charge in [0.1, 0.15) is 5.76 Å². The number of hydrogen-bond donors (Lipinski definition) is 1. The number of sulfonamides is 1. The maximum atomic E-state index is 13.4. The number of thiophene rings is 1. The molecule has 3 aromatic rings. The summed E-state index contributed by atoms with van der Waals surface area (Å²) in [6, 6.07) is 12.3. The Morgan fingerprint density at radius 1 is 1.21 bits per heavy atom. The van der Waals surface area contributed by atoms with Crippen molar-refractivity contribution in [2.24, 2.45) is 0 Å². The highest BCUT2D eigenvalue weighted by atomic mass is 32.2. The van der Waals surface area contributed by atoms with E-state index in [-0.39, 0.29) is 17.3 Å². The monoisotopic (exact) mass is 418 g/mol. The fourth-order valence-corrected chi connectivity index (χ4v) is 5.22. The number of benzene rings is 1. The molecule has 2 aromatic heterocycles. The first-order valence-electron chi connectivity index (χ1n) is 8.79. The lowest BCUT2D eigenvalue weighted by Gasteiger charge is -2.22. The summed E-state index contributed by atoms with van der Waals surface area (Å²) >= 11 is 1.60. The van der Waals surface area contributed by atoms with Gasteiger partial charge >= 0.3 is 0 Å². The summed E-state index contributed by atoms with van der Waals surface area (Å²) in [4.78, 5) is 12.6. The van der Waals surface area contributed by atoms with Crippen LogP contribution in [0.15, 0.2) is 63.4 Å². The number of amides is 1. The lowest BCUT2D eigenvalue weighted by atomic mass is 10.2. The van der Waals surface area contributed by atoms with Crippen molar-refractivity contribution in [2.45, 2.75) is 31.7 Å². The zero-order chi connectivity index (χ0) is 20.1. The Bertz CT molecular complexity index is 1030. The first kappa shape index (κ1) is 20.3. The van der Waals surface area contributed by atoms with Crippen LogP contribution < -0.4 is 5.32 Å². The second-order valence-electron chi connectivity index (χ2n) is 6.41. The van der Waals surface area contributed by atoms with Crippen molar-refractivity contribution >= 4 is 33.0 Å². The predicted octanol–water partition coefficient (Wildman–Crippen LogP) is 4.04. The maximum absolute atomic E-state index is 13.4. The van der Waals surface area contributed by atoms with Gasteiger partial charge in [0.25, 0.3) is 0 Å². The van der Waals surface area contributed by atoms with Gasteiger partial charge in [-0.25, -0.2) is 8.42 Å². The van der Waals surface area contributed by atoms with Crippen LogP contribution in [-0.2, 0) is 27.8 Å². The summed E-state index contributed by atoms with van der Waals surface area (Å²) < 4.78 is 33.6. The number of carbonyl (C=O) groups is 1. The Hall–Kier alpha value is -2.42. The zero-order valence-electron chi connectivity index (χ0n) is 15.7. The summed E-state index contributed by atoms with van der Waals surface area (Å²) in [6.07, 6.45) is 2.16. The van der Waals surface area contributed by atoms with Gasteiger partial charge in [-0.1, -0.05) is 6.07 Å². The molecule has 0 spiro atoms. The molecule has 0 bridgehead atoms. The van der Waals surface area contributed by atoms with E-state index in [1.807, 2.05) is 17.5 Å². The molecule has 1 aromatic carbocycles. The molecule has 0 fully saturated rings. The number of anilines is 1. The van der Waals surface area contributed by atoms with Crippen molar-refractivity contribution in [3.63, 3.8) is 0 Å². The topological polar surface area (TPSA) is 79.6 Å². The van der Waals surface area contributed by atoms with Crippen molar-refractivity contribution in [2.75, 3.05) is 11.9 Å². The molecule has 0 aliphatic rings. The lowest BCUT2D eigenvalue weighted by molar-refractivity contribution is -0.114. The Kier molecular flexibility index (Phi) is 6.33. The van der Waals surface area contributed by atoms with Gasteiger partial charge in [0.2, 0.25) is 15.9 Å². The molecule has 1 amide bonds. The minimum absolute atomic E-state index is 0.160. The highest BCUT2D eigenvalue weighted by Gasteiger charge is 2.27. The van der Waals surface area contributed by atoms with E-state index >= 15 is 0 Å². The van der Waals surface area contributed by atoms with Crippen LogP contribution in [-0.4, -0.2) is 25.2 Å². The summed E-state index contributed by atoms with van der Waals surface area (Å²) in [5.41, 5.74) is 1.15. The smallest absolute Gasteiger partial charge is 0.243 e. The molecule has 3 rings (SSSR count). The van der Waals surface area contributed by atoms with Crippen molar-refractivity contribution in [1.82, 2.24) is 4.31 Å². The van der Waals surface area contributed by atoms with Gasteiger partial charge in [0.05, 0.1) is 17.7 Å². The minimum atomic E-state index is -3.74. The van der Waals surface area contributed by atoms with Crippen LogP contribution in [0.2, 0.25) is 0 Å². The van der Waals surface area contributed by atoms with Crippen molar-refractivity contribution in [3.8, 4) is 0 Å². The molecule has 0 saturated carbocycles. The second kappa shape index (κ2) is 8.72. The van der Waals surface area contributed by atoms with Crippen molar-refractivity contribution in [3.05, 3.63) is 70.3 Å². The van der Waals surface area contributed by atoms with Crippen LogP contribution in [0.25, 0.3) is 0 Å². The van der Waals surface area contributed by atoms with E-state index in [2.05, 4.69) is 5.32 Å². The quantitative estimate of drug-likeness (QED) is 0.599. The molecule has 0 atom stereocenters. The Morgan fingerprint density at radius 2 is 2.04 bits per heavy atom. The molecule has 8 heteroatoms. The van der Waals surface area contributed by atoms with Crippen LogP contribution in [0, 0.1) is 6.92 Å². The predicted molar refractivity (Wildman–Crippen MR) is 110 cm³/mol. The molecule has 6 nitrogen and oxygen atoms in total. The average Bonchev–Trinajstić information content (AvgIpc) is 3.31. The molecule has 0 saturated heterocycles. The fourth-order valence-electron chi connectivity index (χ4n) is 2.91. The molecule has 148 valence electrons. The number of furan rings is 1. The number of nitrogens with one attached hydrogen (secondary N) is 1. The third-order valence-corrected chi connectivity index (χ3v) is 7.15. The molecule has 0 radical (unpaired) electrons. The van der Waals surface area contributed by atoms with Gasteiger partial charge in [0.15, 0.2) is 0 Å². The SMILES string of the molecule is CC(=O)Nc1ccc(S(=O)(=O)N(CCc2cccs2)Cc2ccco2)c(C)c1. The summed E-state index contributed by atoms with van der Waals surface area (Å²) in [5.74, 6) is 0.382. The molecule has 28 heavy (non-hydrogen) atoms. The van der Waals surface area contributed by atoms with Crippen LogP contribution in [0.1, 0.15) is 23.1 Å². The standard InChI is InChI=1S/C20H22N2O4S2/c1-15-13-17(21-16(2)23)7-8-20(15)28(24,25)22(14-18-5-3-11-26-18)10-9-19-6-4-12-27-19/h3-8,11-13H,9-10,14H2,1-2H3,(H,21,23). The highest BCUT2D eigenvalue weighted by molar-refractivity contribution is 7.89. The molecular formula is C20H22N2O4S2. The van der Waals surface area contributed by atoms with Gasteiger partial charge in [-0.2, -0.15) is 4.31 Å². The number of nitrogens with zero attached hydrogens (tertiary/aromatic N) is 1. The molecule has 1 N–H and O–H groups in total. The Balaban J connectivity index is 1.89.